The van der Waals surface area contributed by atoms with Crippen LogP contribution in [0.25, 0.3) is 0 Å². The molecule has 238 valence electrons. The summed E-state index contributed by atoms with van der Waals surface area (Å²) in [5.74, 6) is -2.03. The van der Waals surface area contributed by atoms with Gasteiger partial charge in [-0.25, -0.2) is 0 Å². The number of hydrogen-bond donors (Lipinski definition) is 0. The van der Waals surface area contributed by atoms with Crippen molar-refractivity contribution in [2.45, 2.75) is 160 Å². The van der Waals surface area contributed by atoms with Crippen LogP contribution in [-0.2, 0) is 42.9 Å². The van der Waals surface area contributed by atoms with Gasteiger partial charge in [0, 0.05) is 0 Å². The monoisotopic (exact) mass is 664 g/mol. The summed E-state index contributed by atoms with van der Waals surface area (Å²) < 4.78 is 28.0. The minimum atomic E-state index is -1.31. The van der Waals surface area contributed by atoms with E-state index in [1.54, 1.807) is 0 Å². The summed E-state index contributed by atoms with van der Waals surface area (Å²) in [6, 6.07) is 0. The molecule has 0 unspecified atom stereocenters. The van der Waals surface area contributed by atoms with Crippen LogP contribution in [0.5, 0.6) is 0 Å². The molecule has 11 heteroatoms. The molecule has 0 aliphatic carbocycles. The Morgan fingerprint density at radius 1 is 0.585 bits per heavy atom. The van der Waals surface area contributed by atoms with Crippen LogP contribution in [-0.4, -0.2) is 73.8 Å². The average molecular weight is 665 g/mol. The van der Waals surface area contributed by atoms with Crippen LogP contribution in [0.4, 0.5) is 0 Å². The standard InChI is InChI=1S/C30H53AsO9S/c1-7-9-11-13-15-17-19-31(20-18-16-14-12-10-8-2)41-21-26-27(36-22(3)32)28(37-23(4)33)29(38-24(5)34)30(40-26)39-25(6)35/h26-30H,7-21H2,1-6H3/t26-,27-,28+,29-,30-/m1/s1. The Kier molecular flexibility index (Phi) is 20.6. The van der Waals surface area contributed by atoms with Crippen molar-refractivity contribution in [1.29, 1.82) is 0 Å². The zero-order valence-corrected chi connectivity index (χ0v) is 28.7. The van der Waals surface area contributed by atoms with Gasteiger partial charge in [-0.1, -0.05) is 0 Å². The van der Waals surface area contributed by atoms with Gasteiger partial charge in [0.1, 0.15) is 0 Å². The van der Waals surface area contributed by atoms with Gasteiger partial charge in [0.2, 0.25) is 0 Å². The number of hydrogen-bond acceptors (Lipinski definition) is 10. The van der Waals surface area contributed by atoms with Crippen molar-refractivity contribution in [2.24, 2.45) is 0 Å². The van der Waals surface area contributed by atoms with Crippen LogP contribution in [0.3, 0.4) is 0 Å². The molecule has 0 aromatic rings. The topological polar surface area (TPSA) is 114 Å². The van der Waals surface area contributed by atoms with Gasteiger partial charge in [-0.15, -0.1) is 0 Å². The summed E-state index contributed by atoms with van der Waals surface area (Å²) >= 11 is -1.31. The number of esters is 4. The van der Waals surface area contributed by atoms with E-state index in [0.717, 1.165) is 0 Å². The molecule has 0 N–H and O–H groups in total. The molecule has 0 aromatic carbocycles. The zero-order valence-electron chi connectivity index (χ0n) is 26.0. The summed E-state index contributed by atoms with van der Waals surface area (Å²) in [5, 5.41) is 2.45. The molecule has 0 amide bonds. The summed E-state index contributed by atoms with van der Waals surface area (Å²) in [6.45, 7) is 9.36. The maximum absolute atomic E-state index is 12.1. The third kappa shape index (κ3) is 16.8. The van der Waals surface area contributed by atoms with Crippen molar-refractivity contribution in [3.05, 3.63) is 0 Å². The molecule has 0 bridgehead atoms. The van der Waals surface area contributed by atoms with E-state index in [1.807, 2.05) is 10.0 Å². The van der Waals surface area contributed by atoms with Crippen molar-refractivity contribution in [1.82, 2.24) is 0 Å². The van der Waals surface area contributed by atoms with Crippen LogP contribution in [0.2, 0.25) is 10.4 Å². The molecule has 1 aliphatic rings. The third-order valence-corrected chi connectivity index (χ3v) is 16.1. The third-order valence-electron chi connectivity index (χ3n) is 6.72. The fourth-order valence-electron chi connectivity index (χ4n) is 4.80. The van der Waals surface area contributed by atoms with Gasteiger partial charge in [0.15, 0.2) is 0 Å². The Bertz CT molecular complexity index is 765. The Morgan fingerprint density at radius 3 is 1.46 bits per heavy atom. The summed E-state index contributed by atoms with van der Waals surface area (Å²) in [7, 11) is 1.89. The van der Waals surface area contributed by atoms with Crippen molar-refractivity contribution in [3.8, 4) is 0 Å². The molecule has 9 nitrogen and oxygen atoms in total. The number of carbonyl (C=O) groups excluding carboxylic acids is 4. The minimum absolute atomic E-state index is 0.492. The predicted octanol–water partition coefficient (Wildman–Crippen LogP) is 6.52. The molecule has 0 saturated carbocycles. The zero-order chi connectivity index (χ0) is 30.6. The van der Waals surface area contributed by atoms with Gasteiger partial charge in [0.25, 0.3) is 0 Å². The summed E-state index contributed by atoms with van der Waals surface area (Å²) in [4.78, 5) is 48.0. The van der Waals surface area contributed by atoms with Gasteiger partial charge in [-0.3, -0.25) is 0 Å². The molecule has 5 atom stereocenters. The SMILES string of the molecule is CCCCCCCC[As](CCCCCCCC)SC[C@H]1O[C@@H](OC(C)=O)[C@H](OC(C)=O)[C@@H](OC(C)=O)[C@@H]1OC(C)=O. The first-order chi connectivity index (χ1) is 19.6. The normalized spacial score (nSPS) is 22.3. The van der Waals surface area contributed by atoms with Gasteiger partial charge >= 0.3 is 256 Å². The van der Waals surface area contributed by atoms with Crippen molar-refractivity contribution in [2.75, 3.05) is 5.75 Å². The fraction of sp³-hybridized carbons (Fsp3) is 0.867. The summed E-state index contributed by atoms with van der Waals surface area (Å²) in [6.07, 6.45) is 9.58. The van der Waals surface area contributed by atoms with E-state index in [4.69, 9.17) is 23.7 Å². The molecule has 1 fully saturated rings. The van der Waals surface area contributed by atoms with E-state index in [-0.39, 0.29) is 0 Å². The van der Waals surface area contributed by atoms with E-state index in [1.165, 1.54) is 115 Å². The molecule has 0 aromatic heterocycles. The number of unbranched alkanes of at least 4 members (excludes halogenated alkanes) is 10. The molecular formula is C30H53AsO9S. The molecule has 0 spiro atoms. The Morgan fingerprint density at radius 2 is 1.00 bits per heavy atom. The average Bonchev–Trinajstić information content (AvgIpc) is 2.88. The Hall–Kier alpha value is -1.25. The first-order valence-corrected chi connectivity index (χ1v) is 21.2. The number of ether oxygens (including phenoxy) is 5. The molecule has 1 heterocycles. The first-order valence-electron chi connectivity index (χ1n) is 15.3. The van der Waals surface area contributed by atoms with Gasteiger partial charge in [-0.2, -0.15) is 0 Å². The second-order valence-corrected chi connectivity index (χ2v) is 19.4. The molecule has 41 heavy (non-hydrogen) atoms. The van der Waals surface area contributed by atoms with Gasteiger partial charge < -0.3 is 0 Å². The predicted molar refractivity (Wildman–Crippen MR) is 162 cm³/mol. The van der Waals surface area contributed by atoms with E-state index < -0.39 is 68.1 Å². The molecular weight excluding hydrogens is 611 g/mol. The van der Waals surface area contributed by atoms with Crippen LogP contribution in [0, 0.1) is 0 Å². The first kappa shape index (κ1) is 37.8. The van der Waals surface area contributed by atoms with E-state index in [0.29, 0.717) is 5.75 Å². The van der Waals surface area contributed by atoms with Gasteiger partial charge in [0.05, 0.1) is 0 Å². The van der Waals surface area contributed by atoms with Crippen LogP contribution < -0.4 is 0 Å². The van der Waals surface area contributed by atoms with E-state index in [2.05, 4.69) is 13.8 Å². The maximum atomic E-state index is 12.1. The Labute approximate surface area is 255 Å². The van der Waals surface area contributed by atoms with Gasteiger partial charge in [-0.05, 0) is 0 Å². The van der Waals surface area contributed by atoms with Crippen molar-refractivity contribution >= 4 is 47.4 Å². The molecule has 1 saturated heterocycles. The number of rotatable bonds is 21. The Balaban J connectivity index is 3.05. The van der Waals surface area contributed by atoms with Crippen molar-refractivity contribution in [3.63, 3.8) is 0 Å². The van der Waals surface area contributed by atoms with Crippen LogP contribution in [0.1, 0.15) is 119 Å². The van der Waals surface area contributed by atoms with Crippen LogP contribution in [0.15, 0.2) is 0 Å². The van der Waals surface area contributed by atoms with Crippen LogP contribution >= 0.6 is 10.0 Å². The second kappa shape index (κ2) is 22.3. The molecule has 0 radical (unpaired) electrons. The fourth-order valence-corrected chi connectivity index (χ4v) is 13.8. The van der Waals surface area contributed by atoms with E-state index in [9.17, 15) is 19.2 Å². The second-order valence-electron chi connectivity index (χ2n) is 10.6. The summed E-state index contributed by atoms with van der Waals surface area (Å²) in [5.41, 5.74) is 0. The van der Waals surface area contributed by atoms with Crippen molar-refractivity contribution < 1.29 is 42.9 Å². The molecule has 1 rings (SSSR count). The quantitative estimate of drug-likeness (QED) is 0.0582. The number of carbonyl (C=O) groups is 4. The molecule has 1 aliphatic heterocycles. The van der Waals surface area contributed by atoms with E-state index >= 15 is 0 Å².